The summed E-state index contributed by atoms with van der Waals surface area (Å²) in [6.45, 7) is 6.00. The van der Waals surface area contributed by atoms with E-state index in [9.17, 15) is 0 Å². The Morgan fingerprint density at radius 2 is 1.90 bits per heavy atom. The van der Waals surface area contributed by atoms with Gasteiger partial charge in [-0.15, -0.1) is 0 Å². The molecule has 1 heterocycles. The van der Waals surface area contributed by atoms with Gasteiger partial charge in [-0.2, -0.15) is 0 Å². The van der Waals surface area contributed by atoms with Crippen LogP contribution in [-0.2, 0) is 4.74 Å². The lowest BCUT2D eigenvalue weighted by Gasteiger charge is -2.33. The topological polar surface area (TPSA) is 33.7 Å². The number of benzene rings is 1. The van der Waals surface area contributed by atoms with Crippen LogP contribution in [-0.4, -0.2) is 51.4 Å². The molecule has 0 amide bonds. The molecule has 1 aromatic carbocycles. The number of hydrogen-bond donors (Lipinski definition) is 1. The number of rotatable bonds is 7. The first-order valence-corrected chi connectivity index (χ1v) is 7.92. The lowest BCUT2D eigenvalue weighted by Crippen LogP contribution is -2.41. The Hall–Kier alpha value is -1.10. The fourth-order valence-electron chi connectivity index (χ4n) is 2.91. The Morgan fingerprint density at radius 1 is 1.24 bits per heavy atom. The van der Waals surface area contributed by atoms with Gasteiger partial charge in [0.2, 0.25) is 0 Å². The Morgan fingerprint density at radius 3 is 2.43 bits per heavy atom. The fraction of sp³-hybridized carbons (Fsp3) is 0.647. The van der Waals surface area contributed by atoms with E-state index in [2.05, 4.69) is 34.5 Å². The average molecular weight is 292 g/mol. The van der Waals surface area contributed by atoms with Crippen molar-refractivity contribution in [1.82, 2.24) is 10.2 Å². The maximum atomic E-state index is 5.50. The number of methoxy groups -OCH3 is 1. The maximum absolute atomic E-state index is 5.50. The van der Waals surface area contributed by atoms with Crippen LogP contribution in [0.4, 0.5) is 0 Å². The smallest absolute Gasteiger partial charge is 0.119 e. The summed E-state index contributed by atoms with van der Waals surface area (Å²) in [5.74, 6) is 0.942. The molecule has 1 unspecified atom stereocenters. The SMILES string of the molecule is CCOc1ccc(C(CN2CCC(OC)CC2)NC)cc1. The second kappa shape index (κ2) is 8.37. The molecular formula is C17H28N2O2. The second-order valence-corrected chi connectivity index (χ2v) is 5.58. The number of nitrogens with zero attached hydrogens (tertiary/aromatic N) is 1. The van der Waals surface area contributed by atoms with Crippen LogP contribution >= 0.6 is 0 Å². The Labute approximate surface area is 128 Å². The molecule has 1 N–H and O–H groups in total. The normalized spacial score (nSPS) is 18.6. The minimum atomic E-state index is 0.361. The predicted molar refractivity (Wildman–Crippen MR) is 85.9 cm³/mol. The molecule has 4 heteroatoms. The van der Waals surface area contributed by atoms with Crippen molar-refractivity contribution in [2.24, 2.45) is 0 Å². The molecule has 0 aliphatic carbocycles. The van der Waals surface area contributed by atoms with Crippen LogP contribution in [0.1, 0.15) is 31.4 Å². The van der Waals surface area contributed by atoms with Gasteiger partial charge in [-0.25, -0.2) is 0 Å². The fourth-order valence-corrected chi connectivity index (χ4v) is 2.91. The van der Waals surface area contributed by atoms with Gasteiger partial charge in [0.25, 0.3) is 0 Å². The zero-order chi connectivity index (χ0) is 15.1. The van der Waals surface area contributed by atoms with Crippen LogP contribution in [0, 0.1) is 0 Å². The number of hydrogen-bond acceptors (Lipinski definition) is 4. The van der Waals surface area contributed by atoms with E-state index in [0.717, 1.165) is 38.2 Å². The van der Waals surface area contributed by atoms with Crippen LogP contribution in [0.15, 0.2) is 24.3 Å². The molecule has 1 aliphatic heterocycles. The third-order valence-electron chi connectivity index (χ3n) is 4.25. The highest BCUT2D eigenvalue weighted by Gasteiger charge is 2.21. The van der Waals surface area contributed by atoms with Crippen molar-refractivity contribution in [3.8, 4) is 5.75 Å². The highest BCUT2D eigenvalue weighted by atomic mass is 16.5. The van der Waals surface area contributed by atoms with Gasteiger partial charge in [0.05, 0.1) is 12.7 Å². The predicted octanol–water partition coefficient (Wildman–Crippen LogP) is 2.46. The Bertz CT molecular complexity index is 400. The van der Waals surface area contributed by atoms with E-state index in [4.69, 9.17) is 9.47 Å². The first kappa shape index (κ1) is 16.3. The van der Waals surface area contributed by atoms with Crippen LogP contribution in [0.5, 0.6) is 5.75 Å². The number of likely N-dealkylation sites (N-methyl/N-ethyl adjacent to an activating group) is 1. The molecular weight excluding hydrogens is 264 g/mol. The molecule has 21 heavy (non-hydrogen) atoms. The van der Waals surface area contributed by atoms with E-state index in [-0.39, 0.29) is 0 Å². The number of nitrogens with one attached hydrogen (secondary N) is 1. The molecule has 0 saturated carbocycles. The number of likely N-dealkylation sites (tertiary alicyclic amines) is 1. The first-order valence-electron chi connectivity index (χ1n) is 7.92. The van der Waals surface area contributed by atoms with E-state index in [1.807, 2.05) is 21.1 Å². The van der Waals surface area contributed by atoms with Crippen molar-refractivity contribution in [1.29, 1.82) is 0 Å². The summed E-state index contributed by atoms with van der Waals surface area (Å²) in [7, 11) is 3.85. The quantitative estimate of drug-likeness (QED) is 0.837. The molecule has 1 fully saturated rings. The molecule has 1 saturated heterocycles. The molecule has 0 spiro atoms. The van der Waals surface area contributed by atoms with Gasteiger partial charge >= 0.3 is 0 Å². The highest BCUT2D eigenvalue weighted by Crippen LogP contribution is 2.21. The number of ether oxygens (including phenoxy) is 2. The van der Waals surface area contributed by atoms with E-state index in [1.165, 1.54) is 5.56 Å². The second-order valence-electron chi connectivity index (χ2n) is 5.58. The van der Waals surface area contributed by atoms with Crippen molar-refractivity contribution in [3.63, 3.8) is 0 Å². The lowest BCUT2D eigenvalue weighted by atomic mass is 10.0. The first-order chi connectivity index (χ1) is 10.3. The van der Waals surface area contributed by atoms with Crippen molar-refractivity contribution >= 4 is 0 Å². The van der Waals surface area contributed by atoms with Gasteiger partial charge in [0.1, 0.15) is 5.75 Å². The van der Waals surface area contributed by atoms with Crippen molar-refractivity contribution < 1.29 is 9.47 Å². The van der Waals surface area contributed by atoms with E-state index < -0.39 is 0 Å². The average Bonchev–Trinajstić information content (AvgIpc) is 2.54. The van der Waals surface area contributed by atoms with Crippen molar-refractivity contribution in [2.45, 2.75) is 31.9 Å². The van der Waals surface area contributed by atoms with Crippen LogP contribution < -0.4 is 10.1 Å². The molecule has 1 atom stereocenters. The van der Waals surface area contributed by atoms with E-state index in [1.54, 1.807) is 0 Å². The molecule has 1 aliphatic rings. The third kappa shape index (κ3) is 4.70. The molecule has 4 nitrogen and oxygen atoms in total. The number of piperidine rings is 1. The van der Waals surface area contributed by atoms with Gasteiger partial charge < -0.3 is 19.7 Å². The van der Waals surface area contributed by atoms with Crippen LogP contribution in [0.25, 0.3) is 0 Å². The molecule has 0 aromatic heterocycles. The van der Waals surface area contributed by atoms with Crippen LogP contribution in [0.2, 0.25) is 0 Å². The summed E-state index contributed by atoms with van der Waals surface area (Å²) < 4.78 is 10.9. The summed E-state index contributed by atoms with van der Waals surface area (Å²) in [5, 5.41) is 3.43. The Balaban J connectivity index is 1.90. The van der Waals surface area contributed by atoms with Crippen molar-refractivity contribution in [3.05, 3.63) is 29.8 Å². The van der Waals surface area contributed by atoms with Gasteiger partial charge in [-0.1, -0.05) is 12.1 Å². The molecule has 1 aromatic rings. The van der Waals surface area contributed by atoms with Gasteiger partial charge in [0.15, 0.2) is 0 Å². The summed E-state index contributed by atoms with van der Waals surface area (Å²) in [5.41, 5.74) is 1.31. The third-order valence-corrected chi connectivity index (χ3v) is 4.25. The van der Waals surface area contributed by atoms with E-state index >= 15 is 0 Å². The van der Waals surface area contributed by atoms with Gasteiger partial charge in [-0.05, 0) is 44.5 Å². The molecule has 2 rings (SSSR count). The summed E-state index contributed by atoms with van der Waals surface area (Å²) in [6.07, 6.45) is 2.71. The van der Waals surface area contributed by atoms with Crippen molar-refractivity contribution in [2.75, 3.05) is 40.4 Å². The van der Waals surface area contributed by atoms with Gasteiger partial charge in [0, 0.05) is 32.8 Å². The Kier molecular flexibility index (Phi) is 6.49. The minimum Gasteiger partial charge on any atom is -0.494 e. The molecule has 0 bridgehead atoms. The highest BCUT2D eigenvalue weighted by molar-refractivity contribution is 5.29. The summed E-state index contributed by atoms with van der Waals surface area (Å²) in [6, 6.07) is 8.79. The van der Waals surface area contributed by atoms with E-state index in [0.29, 0.717) is 18.8 Å². The lowest BCUT2D eigenvalue weighted by molar-refractivity contribution is 0.0386. The maximum Gasteiger partial charge on any atom is 0.119 e. The zero-order valence-electron chi connectivity index (χ0n) is 13.5. The van der Waals surface area contributed by atoms with Gasteiger partial charge in [-0.3, -0.25) is 0 Å². The zero-order valence-corrected chi connectivity index (χ0v) is 13.5. The standard InChI is InChI=1S/C17H28N2O2/c1-4-21-16-7-5-14(6-8-16)17(18-2)13-19-11-9-15(20-3)10-12-19/h5-8,15,17-18H,4,9-13H2,1-3H3. The minimum absolute atomic E-state index is 0.361. The largest absolute Gasteiger partial charge is 0.494 e. The molecule has 0 radical (unpaired) electrons. The summed E-state index contributed by atoms with van der Waals surface area (Å²) >= 11 is 0. The summed E-state index contributed by atoms with van der Waals surface area (Å²) in [4.78, 5) is 2.52. The van der Waals surface area contributed by atoms with Crippen LogP contribution in [0.3, 0.4) is 0 Å². The monoisotopic (exact) mass is 292 g/mol. The molecule has 118 valence electrons.